The van der Waals surface area contributed by atoms with Crippen LogP contribution in [0.25, 0.3) is 0 Å². The molecule has 0 unspecified atom stereocenters. The highest BCUT2D eigenvalue weighted by Gasteiger charge is 2.67. The van der Waals surface area contributed by atoms with Crippen molar-refractivity contribution in [3.63, 3.8) is 0 Å². The minimum Gasteiger partial charge on any atom is -0.326 e. The van der Waals surface area contributed by atoms with Crippen LogP contribution in [-0.4, -0.2) is 26.1 Å². The normalized spacial score (nSPS) is 18.3. The Morgan fingerprint density at radius 1 is 0.941 bits per heavy atom. The lowest BCUT2D eigenvalue weighted by Crippen LogP contribution is -2.26. The summed E-state index contributed by atoms with van der Waals surface area (Å²) in [5, 5.41) is 5.84. The molecule has 2 amide bonds. The van der Waals surface area contributed by atoms with E-state index in [0.717, 1.165) is 6.20 Å². The Kier molecular flexibility index (Phi) is 6.72. The molecule has 2 aromatic carbocycles. The van der Waals surface area contributed by atoms with Crippen LogP contribution < -0.4 is 21.9 Å². The largest absolute Gasteiger partial charge is 0.326 e. The topological polar surface area (TPSA) is 124 Å². The summed E-state index contributed by atoms with van der Waals surface area (Å²) in [6.45, 7) is 0. The molecule has 4 rings (SSSR count). The van der Waals surface area contributed by atoms with Crippen molar-refractivity contribution in [1.29, 1.82) is 0 Å². The highest BCUT2D eigenvalue weighted by atomic mass is 35.5. The van der Waals surface area contributed by atoms with E-state index >= 15 is 0 Å². The molecule has 1 aliphatic rings. The summed E-state index contributed by atoms with van der Waals surface area (Å²) in [7, 11) is 0. The fraction of sp³-hybridized carbons (Fsp3) is 0.143. The van der Waals surface area contributed by atoms with Crippen LogP contribution in [0, 0.1) is 5.92 Å². The third-order valence-electron chi connectivity index (χ3n) is 5.13. The third kappa shape index (κ3) is 4.96. The van der Waals surface area contributed by atoms with Crippen LogP contribution in [0.4, 0.5) is 11.4 Å². The fourth-order valence-corrected chi connectivity index (χ4v) is 5.09. The molecule has 4 N–H and O–H groups in total. The molecule has 0 spiro atoms. The van der Waals surface area contributed by atoms with Crippen molar-refractivity contribution in [2.24, 2.45) is 5.92 Å². The zero-order valence-electron chi connectivity index (χ0n) is 16.7. The van der Waals surface area contributed by atoms with E-state index in [0.29, 0.717) is 15.6 Å². The average Bonchev–Trinajstić information content (AvgIpc) is 3.33. The van der Waals surface area contributed by atoms with Crippen molar-refractivity contribution in [1.82, 2.24) is 9.97 Å². The number of hydrogen-bond acceptors (Lipinski definition) is 4. The number of anilines is 2. The predicted octanol–water partition coefficient (Wildman–Crippen LogP) is 4.80. The van der Waals surface area contributed by atoms with Crippen LogP contribution in [0.5, 0.6) is 0 Å². The molecule has 8 nitrogen and oxygen atoms in total. The highest BCUT2D eigenvalue weighted by molar-refractivity contribution is 6.53. The third-order valence-corrected chi connectivity index (χ3v) is 6.83. The van der Waals surface area contributed by atoms with E-state index in [9.17, 15) is 19.2 Å². The standard InChI is InChI=1S/C21H13Cl5N4O4/c22-9-3-8(4-10(23)5-9)15-16(21(15,25)26)19(33)28-11-1-2-13(24)12(6-11)17(31)29-14-7-27-20(34)30-18(14)32/h1-7,15-16H,(H,28,33)(H,29,31)(H2,27,30,32,34)/t15-,16+/m0/s1. The van der Waals surface area contributed by atoms with Gasteiger partial charge in [-0.15, -0.1) is 23.2 Å². The van der Waals surface area contributed by atoms with Crippen molar-refractivity contribution >= 4 is 81.2 Å². The second-order valence-electron chi connectivity index (χ2n) is 7.46. The van der Waals surface area contributed by atoms with Gasteiger partial charge in [-0.2, -0.15) is 0 Å². The van der Waals surface area contributed by atoms with Gasteiger partial charge in [-0.25, -0.2) is 4.79 Å². The number of aromatic amines is 2. The van der Waals surface area contributed by atoms with Gasteiger partial charge < -0.3 is 15.6 Å². The van der Waals surface area contributed by atoms with E-state index in [1.165, 1.54) is 18.2 Å². The molecular formula is C21H13Cl5N4O4. The molecule has 0 saturated heterocycles. The molecule has 3 aromatic rings. The van der Waals surface area contributed by atoms with Gasteiger partial charge in [-0.05, 0) is 42.0 Å². The average molecular weight is 563 g/mol. The zero-order valence-corrected chi connectivity index (χ0v) is 20.5. The number of alkyl halides is 2. The Balaban J connectivity index is 1.53. The fourth-order valence-electron chi connectivity index (χ4n) is 3.51. The molecule has 13 heteroatoms. The number of rotatable bonds is 5. The maximum absolute atomic E-state index is 12.9. The quantitative estimate of drug-likeness (QED) is 0.334. The number of nitrogens with one attached hydrogen (secondary N) is 4. The van der Waals surface area contributed by atoms with Crippen LogP contribution in [-0.2, 0) is 4.79 Å². The number of benzene rings is 2. The molecule has 1 heterocycles. The summed E-state index contributed by atoms with van der Waals surface area (Å²) >= 11 is 31.0. The van der Waals surface area contributed by atoms with E-state index < -0.39 is 39.2 Å². The second-order valence-corrected chi connectivity index (χ2v) is 10.2. The first-order chi connectivity index (χ1) is 16.0. The SMILES string of the molecule is O=C(Nc1c[nH]c(=O)[nH]c1=O)c1cc(NC(=O)[C@H]2[C@H](c3cc(Cl)cc(Cl)c3)C2(Cl)Cl)ccc1Cl. The van der Waals surface area contributed by atoms with Crippen molar-refractivity contribution in [3.8, 4) is 0 Å². The summed E-state index contributed by atoms with van der Waals surface area (Å²) < 4.78 is -1.38. The molecule has 1 aromatic heterocycles. The van der Waals surface area contributed by atoms with Crippen LogP contribution in [0.1, 0.15) is 21.8 Å². The van der Waals surface area contributed by atoms with Crippen molar-refractivity contribution in [3.05, 3.63) is 89.6 Å². The number of carbonyl (C=O) groups is 2. The van der Waals surface area contributed by atoms with Gasteiger partial charge in [0.05, 0.1) is 16.5 Å². The maximum atomic E-state index is 12.9. The smallest absolute Gasteiger partial charge is 0.325 e. The number of halogens is 5. The lowest BCUT2D eigenvalue weighted by Gasteiger charge is -2.10. The minimum atomic E-state index is -1.38. The molecular weight excluding hydrogens is 550 g/mol. The number of hydrogen-bond donors (Lipinski definition) is 4. The first kappa shape index (κ1) is 24.6. The van der Waals surface area contributed by atoms with Gasteiger partial charge >= 0.3 is 5.69 Å². The molecule has 0 aliphatic heterocycles. The molecule has 34 heavy (non-hydrogen) atoms. The monoisotopic (exact) mass is 560 g/mol. The first-order valence-corrected chi connectivity index (χ1v) is 11.4. The van der Waals surface area contributed by atoms with Gasteiger partial charge in [0.15, 0.2) is 0 Å². The van der Waals surface area contributed by atoms with Gasteiger partial charge in [0.25, 0.3) is 11.5 Å². The summed E-state index contributed by atoms with van der Waals surface area (Å²) in [6.07, 6.45) is 1.05. The molecule has 1 fully saturated rings. The van der Waals surface area contributed by atoms with Gasteiger partial charge in [0.2, 0.25) is 5.91 Å². The number of carbonyl (C=O) groups excluding carboxylic acids is 2. The summed E-state index contributed by atoms with van der Waals surface area (Å²) in [6, 6.07) is 9.03. The lowest BCUT2D eigenvalue weighted by molar-refractivity contribution is -0.117. The van der Waals surface area contributed by atoms with Crippen molar-refractivity contribution < 1.29 is 9.59 Å². The van der Waals surface area contributed by atoms with Gasteiger partial charge in [0, 0.05) is 27.8 Å². The number of H-pyrrole nitrogens is 2. The van der Waals surface area contributed by atoms with E-state index in [1.54, 1.807) is 18.2 Å². The maximum Gasteiger partial charge on any atom is 0.325 e. The minimum absolute atomic E-state index is 0.0259. The van der Waals surface area contributed by atoms with Crippen LogP contribution in [0.2, 0.25) is 15.1 Å². The van der Waals surface area contributed by atoms with E-state index in [-0.39, 0.29) is 22.0 Å². The Labute approximate surface area is 216 Å². The van der Waals surface area contributed by atoms with E-state index in [4.69, 9.17) is 58.0 Å². The number of aromatic nitrogens is 2. The Hall–Kier alpha value is -2.49. The van der Waals surface area contributed by atoms with Gasteiger partial charge in [-0.1, -0.05) is 34.8 Å². The Morgan fingerprint density at radius 2 is 1.62 bits per heavy atom. The van der Waals surface area contributed by atoms with Crippen molar-refractivity contribution in [2.45, 2.75) is 10.3 Å². The molecule has 1 aliphatic carbocycles. The van der Waals surface area contributed by atoms with E-state index in [1.807, 2.05) is 4.98 Å². The molecule has 176 valence electrons. The van der Waals surface area contributed by atoms with Crippen LogP contribution in [0.15, 0.2) is 52.2 Å². The molecule has 0 radical (unpaired) electrons. The Bertz CT molecular complexity index is 1410. The second kappa shape index (κ2) is 9.28. The lowest BCUT2D eigenvalue weighted by atomic mass is 10.1. The first-order valence-electron chi connectivity index (χ1n) is 9.55. The molecule has 2 atom stereocenters. The number of amides is 2. The van der Waals surface area contributed by atoms with Crippen LogP contribution >= 0.6 is 58.0 Å². The summed E-state index contributed by atoms with van der Waals surface area (Å²) in [5.41, 5.74) is -0.871. The van der Waals surface area contributed by atoms with E-state index in [2.05, 4.69) is 15.6 Å². The van der Waals surface area contributed by atoms with Gasteiger partial charge in [-0.3, -0.25) is 19.4 Å². The van der Waals surface area contributed by atoms with Crippen LogP contribution in [0.3, 0.4) is 0 Å². The highest BCUT2D eigenvalue weighted by Crippen LogP contribution is 2.65. The summed E-state index contributed by atoms with van der Waals surface area (Å²) in [5.74, 6) is -2.58. The Morgan fingerprint density at radius 3 is 2.26 bits per heavy atom. The molecule has 0 bridgehead atoms. The van der Waals surface area contributed by atoms with Crippen molar-refractivity contribution in [2.75, 3.05) is 10.6 Å². The predicted molar refractivity (Wildman–Crippen MR) is 133 cm³/mol. The summed E-state index contributed by atoms with van der Waals surface area (Å²) in [4.78, 5) is 52.7. The van der Waals surface area contributed by atoms with Gasteiger partial charge in [0.1, 0.15) is 10.0 Å². The zero-order chi connectivity index (χ0) is 24.8. The molecule has 1 saturated carbocycles.